The second kappa shape index (κ2) is 7.64. The number of nitrogens with zero attached hydrogens (tertiary/aromatic N) is 1. The van der Waals surface area contributed by atoms with Crippen LogP contribution in [0.4, 0.5) is 0 Å². The predicted octanol–water partition coefficient (Wildman–Crippen LogP) is 5.97. The maximum Gasteiger partial charge on any atom is 0.272 e. The summed E-state index contributed by atoms with van der Waals surface area (Å²) in [7, 11) is 0. The summed E-state index contributed by atoms with van der Waals surface area (Å²) >= 11 is 1.54. The molecule has 0 saturated heterocycles. The molecule has 3 rings (SSSR count). The molecule has 0 spiro atoms. The molecule has 0 unspecified atom stereocenters. The van der Waals surface area contributed by atoms with Crippen molar-refractivity contribution in [3.05, 3.63) is 64.0 Å². The highest BCUT2D eigenvalue weighted by molar-refractivity contribution is 7.17. The Morgan fingerprint density at radius 2 is 1.62 bits per heavy atom. The number of benzene rings is 2. The van der Waals surface area contributed by atoms with Crippen LogP contribution in [0.3, 0.4) is 0 Å². The molecule has 0 bridgehead atoms. The molecule has 2 aromatic carbocycles. The van der Waals surface area contributed by atoms with Crippen molar-refractivity contribution in [2.75, 3.05) is 0 Å². The van der Waals surface area contributed by atoms with Gasteiger partial charge in [0.2, 0.25) is 0 Å². The zero-order valence-electron chi connectivity index (χ0n) is 17.8. The summed E-state index contributed by atoms with van der Waals surface area (Å²) in [5.41, 5.74) is 5.39. The summed E-state index contributed by atoms with van der Waals surface area (Å²) in [5, 5.41) is 17.8. The minimum absolute atomic E-state index is 0.216. The molecule has 0 aliphatic carbocycles. The van der Waals surface area contributed by atoms with Crippen molar-refractivity contribution in [2.24, 2.45) is 5.10 Å². The van der Waals surface area contributed by atoms with Crippen LogP contribution in [0.15, 0.2) is 46.9 Å². The average molecular weight is 409 g/mol. The number of amides is 1. The third-order valence-corrected chi connectivity index (χ3v) is 5.82. The topological polar surface area (TPSA) is 61.7 Å². The Morgan fingerprint density at radius 1 is 1.03 bits per heavy atom. The van der Waals surface area contributed by atoms with E-state index in [1.165, 1.54) is 0 Å². The molecule has 1 amide bonds. The number of phenols is 1. The zero-order chi connectivity index (χ0) is 21.4. The number of nitrogens with one attached hydrogen (secondary N) is 1. The van der Waals surface area contributed by atoms with Gasteiger partial charge >= 0.3 is 0 Å². The summed E-state index contributed by atoms with van der Waals surface area (Å²) in [4.78, 5) is 12.6. The van der Waals surface area contributed by atoms with Gasteiger partial charge < -0.3 is 5.11 Å². The Labute approximate surface area is 176 Å². The number of thiophene rings is 1. The number of fused-ring (bicyclic) bond motifs is 1. The number of carbonyl (C=O) groups excluding carboxylic acids is 1. The van der Waals surface area contributed by atoms with Crippen molar-refractivity contribution >= 4 is 33.5 Å². The van der Waals surface area contributed by atoms with E-state index >= 15 is 0 Å². The zero-order valence-corrected chi connectivity index (χ0v) is 18.6. The summed E-state index contributed by atoms with van der Waals surface area (Å²) < 4.78 is 1.07. The number of phenolic OH excluding ortho intramolecular Hbond substituents is 1. The van der Waals surface area contributed by atoms with Gasteiger partial charge in [-0.1, -0.05) is 59.7 Å². The van der Waals surface area contributed by atoms with Crippen LogP contribution in [0.25, 0.3) is 10.1 Å². The highest BCUT2D eigenvalue weighted by Gasteiger charge is 2.26. The molecule has 2 N–H and O–H groups in total. The first-order chi connectivity index (χ1) is 13.5. The lowest BCUT2D eigenvalue weighted by Crippen LogP contribution is -2.19. The van der Waals surface area contributed by atoms with Crippen LogP contribution >= 0.6 is 11.3 Å². The van der Waals surface area contributed by atoms with E-state index in [4.69, 9.17) is 0 Å². The van der Waals surface area contributed by atoms with Gasteiger partial charge in [0, 0.05) is 26.6 Å². The lowest BCUT2D eigenvalue weighted by atomic mass is 9.78. The number of hydrogen-bond acceptors (Lipinski definition) is 4. The molecule has 0 aliphatic heterocycles. The molecule has 1 heterocycles. The number of aromatic hydroxyl groups is 1. The molecule has 0 radical (unpaired) electrons. The van der Waals surface area contributed by atoms with E-state index in [1.807, 2.05) is 41.8 Å². The number of carbonyl (C=O) groups is 1. The van der Waals surface area contributed by atoms with Crippen LogP contribution in [-0.2, 0) is 10.8 Å². The Bertz CT molecular complexity index is 1050. The van der Waals surface area contributed by atoms with E-state index < -0.39 is 0 Å². The van der Waals surface area contributed by atoms with Gasteiger partial charge in [0.25, 0.3) is 5.91 Å². The second-order valence-corrected chi connectivity index (χ2v) is 10.2. The van der Waals surface area contributed by atoms with Gasteiger partial charge in [-0.3, -0.25) is 4.79 Å². The fourth-order valence-electron chi connectivity index (χ4n) is 3.25. The fraction of sp³-hybridized carbons (Fsp3) is 0.333. The number of rotatable bonds is 3. The maximum absolute atomic E-state index is 12.6. The number of hydrazone groups is 1. The average Bonchev–Trinajstić information content (AvgIpc) is 3.05. The van der Waals surface area contributed by atoms with Gasteiger partial charge in [-0.05, 0) is 34.6 Å². The van der Waals surface area contributed by atoms with Crippen LogP contribution in [0, 0.1) is 0 Å². The minimum atomic E-state index is -0.232. The first-order valence-corrected chi connectivity index (χ1v) is 10.5. The van der Waals surface area contributed by atoms with Crippen LogP contribution < -0.4 is 5.43 Å². The second-order valence-electron chi connectivity index (χ2n) is 9.31. The standard InChI is InChI=1S/C24H28N2O2S/c1-23(2,3)18-11-15(12-19(21(18)27)24(4,5)6)13-25-26-22(28)17-14-29-20-10-8-7-9-16(17)20/h7-14,27H,1-6H3,(H,26,28)/b25-13-. The summed E-state index contributed by atoms with van der Waals surface area (Å²) in [6.07, 6.45) is 1.64. The molecule has 29 heavy (non-hydrogen) atoms. The first kappa shape index (κ1) is 21.1. The van der Waals surface area contributed by atoms with Crippen LogP contribution in [0.1, 0.15) is 68.6 Å². The normalized spacial score (nSPS) is 12.6. The van der Waals surface area contributed by atoms with Gasteiger partial charge in [0.1, 0.15) is 5.75 Å². The Morgan fingerprint density at radius 3 is 2.21 bits per heavy atom. The molecular weight excluding hydrogens is 380 g/mol. The molecule has 1 aromatic heterocycles. The summed E-state index contributed by atoms with van der Waals surface area (Å²) in [5.74, 6) is 0.0977. The van der Waals surface area contributed by atoms with Gasteiger partial charge in [0.15, 0.2) is 0 Å². The Kier molecular flexibility index (Phi) is 5.54. The molecule has 152 valence electrons. The molecular formula is C24H28N2O2S. The quantitative estimate of drug-likeness (QED) is 0.414. The summed E-state index contributed by atoms with van der Waals surface area (Å²) in [6.45, 7) is 12.4. The third kappa shape index (κ3) is 4.51. The van der Waals surface area contributed by atoms with E-state index in [9.17, 15) is 9.90 Å². The lowest BCUT2D eigenvalue weighted by molar-refractivity contribution is 0.0957. The lowest BCUT2D eigenvalue weighted by Gasteiger charge is -2.27. The van der Waals surface area contributed by atoms with Crippen molar-refractivity contribution in [3.8, 4) is 5.75 Å². The number of hydrogen-bond donors (Lipinski definition) is 2. The van der Waals surface area contributed by atoms with E-state index in [0.29, 0.717) is 11.3 Å². The highest BCUT2D eigenvalue weighted by atomic mass is 32.1. The molecule has 0 atom stereocenters. The molecule has 4 nitrogen and oxygen atoms in total. The largest absolute Gasteiger partial charge is 0.507 e. The third-order valence-electron chi connectivity index (χ3n) is 4.85. The van der Waals surface area contributed by atoms with Crippen LogP contribution in [0.2, 0.25) is 0 Å². The monoisotopic (exact) mass is 408 g/mol. The van der Waals surface area contributed by atoms with Gasteiger partial charge in [0.05, 0.1) is 11.8 Å². The minimum Gasteiger partial charge on any atom is -0.507 e. The van der Waals surface area contributed by atoms with Crippen molar-refractivity contribution in [1.82, 2.24) is 5.43 Å². The molecule has 0 saturated carbocycles. The predicted molar refractivity (Wildman–Crippen MR) is 122 cm³/mol. The SMILES string of the molecule is CC(C)(C)c1cc(/C=N\NC(=O)c2csc3ccccc23)cc(C(C)(C)C)c1O. The van der Waals surface area contributed by atoms with E-state index in [0.717, 1.165) is 26.8 Å². The van der Waals surface area contributed by atoms with Crippen LogP contribution in [-0.4, -0.2) is 17.2 Å². The van der Waals surface area contributed by atoms with E-state index in [-0.39, 0.29) is 16.7 Å². The first-order valence-electron chi connectivity index (χ1n) is 9.66. The molecule has 0 fully saturated rings. The Hall–Kier alpha value is -2.66. The molecule has 5 heteroatoms. The smallest absolute Gasteiger partial charge is 0.272 e. The maximum atomic E-state index is 12.6. The van der Waals surface area contributed by atoms with Gasteiger partial charge in [-0.15, -0.1) is 11.3 Å². The van der Waals surface area contributed by atoms with Gasteiger partial charge in [-0.2, -0.15) is 5.10 Å². The van der Waals surface area contributed by atoms with Crippen molar-refractivity contribution in [2.45, 2.75) is 52.4 Å². The Balaban J connectivity index is 1.89. The van der Waals surface area contributed by atoms with Crippen molar-refractivity contribution in [3.63, 3.8) is 0 Å². The summed E-state index contributed by atoms with van der Waals surface area (Å²) in [6, 6.07) is 11.7. The van der Waals surface area contributed by atoms with E-state index in [2.05, 4.69) is 52.1 Å². The highest BCUT2D eigenvalue weighted by Crippen LogP contribution is 2.39. The van der Waals surface area contributed by atoms with E-state index in [1.54, 1.807) is 17.6 Å². The van der Waals surface area contributed by atoms with Gasteiger partial charge in [-0.25, -0.2) is 5.43 Å². The van der Waals surface area contributed by atoms with Crippen LogP contribution in [0.5, 0.6) is 5.75 Å². The fourth-order valence-corrected chi connectivity index (χ4v) is 4.19. The van der Waals surface area contributed by atoms with Crippen molar-refractivity contribution in [1.29, 1.82) is 0 Å². The molecule has 3 aromatic rings. The van der Waals surface area contributed by atoms with Crippen molar-refractivity contribution < 1.29 is 9.90 Å². The molecule has 0 aliphatic rings.